The van der Waals surface area contributed by atoms with Crippen molar-refractivity contribution in [3.8, 4) is 0 Å². The van der Waals surface area contributed by atoms with Gasteiger partial charge in [0, 0.05) is 20.6 Å². The third kappa shape index (κ3) is 6.97. The van der Waals surface area contributed by atoms with Crippen molar-refractivity contribution in [1.82, 2.24) is 4.90 Å². The Morgan fingerprint density at radius 1 is 1.33 bits per heavy atom. The Morgan fingerprint density at radius 2 is 2.00 bits per heavy atom. The highest BCUT2D eigenvalue weighted by Crippen LogP contribution is 2.17. The van der Waals surface area contributed by atoms with Crippen molar-refractivity contribution in [2.45, 2.75) is 52.0 Å². The van der Waals surface area contributed by atoms with Gasteiger partial charge in [0.05, 0.1) is 12.6 Å². The van der Waals surface area contributed by atoms with Crippen molar-refractivity contribution < 1.29 is 9.53 Å². The maximum atomic E-state index is 12.0. The van der Waals surface area contributed by atoms with Gasteiger partial charge in [0.25, 0.3) is 0 Å². The summed E-state index contributed by atoms with van der Waals surface area (Å²) in [7, 11) is 3.51. The topological polar surface area (TPSA) is 55.6 Å². The average molecular weight is 258 g/mol. The Labute approximate surface area is 112 Å². The van der Waals surface area contributed by atoms with Crippen LogP contribution in [0.15, 0.2) is 0 Å². The molecule has 0 heterocycles. The number of ether oxygens (including phenoxy) is 1. The molecule has 2 N–H and O–H groups in total. The van der Waals surface area contributed by atoms with Crippen LogP contribution in [0.3, 0.4) is 0 Å². The van der Waals surface area contributed by atoms with Crippen LogP contribution in [0.4, 0.5) is 0 Å². The number of nitrogens with two attached hydrogens (primary N) is 1. The molecule has 0 fully saturated rings. The van der Waals surface area contributed by atoms with Gasteiger partial charge >= 0.3 is 0 Å². The second kappa shape index (κ2) is 10.3. The number of rotatable bonds is 10. The molecular weight excluding hydrogens is 228 g/mol. The molecule has 0 aromatic rings. The van der Waals surface area contributed by atoms with Crippen LogP contribution in [0.5, 0.6) is 0 Å². The first-order chi connectivity index (χ1) is 8.56. The van der Waals surface area contributed by atoms with Crippen molar-refractivity contribution in [3.63, 3.8) is 0 Å². The summed E-state index contributed by atoms with van der Waals surface area (Å²) >= 11 is 0. The molecule has 0 saturated heterocycles. The van der Waals surface area contributed by atoms with Crippen LogP contribution in [0.1, 0.15) is 46.0 Å². The van der Waals surface area contributed by atoms with Crippen LogP contribution < -0.4 is 5.73 Å². The molecule has 1 amide bonds. The zero-order valence-electron chi connectivity index (χ0n) is 12.4. The Hall–Kier alpha value is -0.610. The summed E-state index contributed by atoms with van der Waals surface area (Å²) in [6.45, 7) is 5.49. The number of hydrogen-bond acceptors (Lipinski definition) is 3. The van der Waals surface area contributed by atoms with Crippen molar-refractivity contribution >= 4 is 5.91 Å². The van der Waals surface area contributed by atoms with E-state index in [0.717, 1.165) is 25.8 Å². The molecule has 108 valence electrons. The molecule has 2 unspecified atom stereocenters. The van der Waals surface area contributed by atoms with Gasteiger partial charge in [-0.1, -0.05) is 19.8 Å². The zero-order valence-corrected chi connectivity index (χ0v) is 12.4. The molecule has 2 atom stereocenters. The normalized spacial score (nSPS) is 14.3. The highest BCUT2D eigenvalue weighted by atomic mass is 16.5. The van der Waals surface area contributed by atoms with Crippen LogP contribution >= 0.6 is 0 Å². The van der Waals surface area contributed by atoms with Gasteiger partial charge in [-0.25, -0.2) is 0 Å². The minimum atomic E-state index is 0.140. The number of likely N-dealkylation sites (N-methyl/N-ethyl adjacent to an activating group) is 1. The SMILES string of the molecule is CCCC(CCN)CCC(=O)N(C)C(C)COC. The molecule has 0 aliphatic carbocycles. The van der Waals surface area contributed by atoms with Gasteiger partial charge in [-0.05, 0) is 32.2 Å². The summed E-state index contributed by atoms with van der Waals surface area (Å²) in [6.07, 6.45) is 4.93. The minimum absolute atomic E-state index is 0.140. The number of amides is 1. The van der Waals surface area contributed by atoms with E-state index in [1.807, 2.05) is 14.0 Å². The van der Waals surface area contributed by atoms with Gasteiger partial charge < -0.3 is 15.4 Å². The predicted molar refractivity (Wildman–Crippen MR) is 75.4 cm³/mol. The summed E-state index contributed by atoms with van der Waals surface area (Å²) in [4.78, 5) is 13.8. The lowest BCUT2D eigenvalue weighted by Crippen LogP contribution is -2.37. The maximum Gasteiger partial charge on any atom is 0.222 e. The fourth-order valence-electron chi connectivity index (χ4n) is 2.18. The lowest BCUT2D eigenvalue weighted by Gasteiger charge is -2.25. The van der Waals surface area contributed by atoms with E-state index in [2.05, 4.69) is 6.92 Å². The van der Waals surface area contributed by atoms with Gasteiger partial charge in [-0.3, -0.25) is 4.79 Å². The Morgan fingerprint density at radius 3 is 2.50 bits per heavy atom. The third-order valence-electron chi connectivity index (χ3n) is 3.50. The van der Waals surface area contributed by atoms with Gasteiger partial charge in [0.1, 0.15) is 0 Å². The molecule has 0 radical (unpaired) electrons. The smallest absolute Gasteiger partial charge is 0.222 e. The fraction of sp³-hybridized carbons (Fsp3) is 0.929. The summed E-state index contributed by atoms with van der Waals surface area (Å²) in [5.41, 5.74) is 5.60. The third-order valence-corrected chi connectivity index (χ3v) is 3.50. The molecule has 0 aliphatic rings. The Bertz CT molecular complexity index is 216. The van der Waals surface area contributed by atoms with E-state index in [0.29, 0.717) is 18.9 Å². The van der Waals surface area contributed by atoms with Crippen molar-refractivity contribution in [2.75, 3.05) is 27.3 Å². The molecule has 0 aromatic carbocycles. The van der Waals surface area contributed by atoms with E-state index in [-0.39, 0.29) is 11.9 Å². The molecule has 4 heteroatoms. The largest absolute Gasteiger partial charge is 0.383 e. The lowest BCUT2D eigenvalue weighted by molar-refractivity contribution is -0.132. The minimum Gasteiger partial charge on any atom is -0.383 e. The Balaban J connectivity index is 4.05. The van der Waals surface area contributed by atoms with Gasteiger partial charge in [0.2, 0.25) is 5.91 Å². The molecule has 4 nitrogen and oxygen atoms in total. The van der Waals surface area contributed by atoms with Crippen LogP contribution in [-0.2, 0) is 9.53 Å². The van der Waals surface area contributed by atoms with Gasteiger partial charge in [-0.2, -0.15) is 0 Å². The number of hydrogen-bond donors (Lipinski definition) is 1. The molecule has 0 bridgehead atoms. The average Bonchev–Trinajstić information content (AvgIpc) is 2.35. The van der Waals surface area contributed by atoms with Gasteiger partial charge in [0.15, 0.2) is 0 Å². The summed E-state index contributed by atoms with van der Waals surface area (Å²) in [5, 5.41) is 0. The first-order valence-electron chi connectivity index (χ1n) is 7.01. The number of carbonyl (C=O) groups excluding carboxylic acids is 1. The summed E-state index contributed by atoms with van der Waals surface area (Å²) < 4.78 is 5.07. The standard InChI is InChI=1S/C14H30N2O2/c1-5-6-13(9-10-15)7-8-14(17)16(3)12(2)11-18-4/h12-13H,5-11,15H2,1-4H3. The predicted octanol–water partition coefficient (Wildman–Crippen LogP) is 2.02. The highest BCUT2D eigenvalue weighted by Gasteiger charge is 2.17. The highest BCUT2D eigenvalue weighted by molar-refractivity contribution is 5.76. The molecule has 0 aliphatic heterocycles. The summed E-state index contributed by atoms with van der Waals surface area (Å²) in [6, 6.07) is 0.140. The fourth-order valence-corrected chi connectivity index (χ4v) is 2.18. The number of nitrogens with zero attached hydrogens (tertiary/aromatic N) is 1. The van der Waals surface area contributed by atoms with Crippen LogP contribution in [0.25, 0.3) is 0 Å². The van der Waals surface area contributed by atoms with E-state index in [1.54, 1.807) is 12.0 Å². The molecule has 0 spiro atoms. The second-order valence-corrected chi connectivity index (χ2v) is 5.08. The lowest BCUT2D eigenvalue weighted by atomic mass is 9.94. The molecule has 0 aromatic heterocycles. The van der Waals surface area contributed by atoms with E-state index in [4.69, 9.17) is 10.5 Å². The summed E-state index contributed by atoms with van der Waals surface area (Å²) in [5.74, 6) is 0.799. The van der Waals surface area contributed by atoms with Crippen molar-refractivity contribution in [2.24, 2.45) is 11.7 Å². The molecular formula is C14H30N2O2. The van der Waals surface area contributed by atoms with E-state index < -0.39 is 0 Å². The van der Waals surface area contributed by atoms with Crippen LogP contribution in [0.2, 0.25) is 0 Å². The molecule has 18 heavy (non-hydrogen) atoms. The number of methoxy groups -OCH3 is 1. The first-order valence-corrected chi connectivity index (χ1v) is 7.01. The van der Waals surface area contributed by atoms with E-state index in [1.165, 1.54) is 6.42 Å². The van der Waals surface area contributed by atoms with E-state index in [9.17, 15) is 4.79 Å². The molecule has 0 saturated carbocycles. The zero-order chi connectivity index (χ0) is 14.0. The second-order valence-electron chi connectivity index (χ2n) is 5.08. The van der Waals surface area contributed by atoms with Crippen LogP contribution in [0, 0.1) is 5.92 Å². The van der Waals surface area contributed by atoms with Crippen LogP contribution in [-0.4, -0.2) is 44.2 Å². The maximum absolute atomic E-state index is 12.0. The Kier molecular flexibility index (Phi) is 9.98. The van der Waals surface area contributed by atoms with Gasteiger partial charge in [-0.15, -0.1) is 0 Å². The monoisotopic (exact) mass is 258 g/mol. The van der Waals surface area contributed by atoms with Crippen molar-refractivity contribution in [3.05, 3.63) is 0 Å². The first kappa shape index (κ1) is 17.4. The number of carbonyl (C=O) groups is 1. The van der Waals surface area contributed by atoms with E-state index >= 15 is 0 Å². The quantitative estimate of drug-likeness (QED) is 0.652. The van der Waals surface area contributed by atoms with Crippen molar-refractivity contribution in [1.29, 1.82) is 0 Å². The molecule has 0 rings (SSSR count).